The second-order valence-corrected chi connectivity index (χ2v) is 5.14. The number of alkyl halides is 3. The van der Waals surface area contributed by atoms with E-state index in [2.05, 4.69) is 5.10 Å². The summed E-state index contributed by atoms with van der Waals surface area (Å²) >= 11 is 0. The van der Waals surface area contributed by atoms with Crippen molar-refractivity contribution in [3.63, 3.8) is 0 Å². The molecular formula is C15H18F3N3O2. The van der Waals surface area contributed by atoms with Crippen LogP contribution in [-0.4, -0.2) is 24.5 Å². The van der Waals surface area contributed by atoms with Crippen LogP contribution >= 0.6 is 0 Å². The number of benzene rings is 1. The molecule has 0 saturated heterocycles. The number of hydrazone groups is 1. The van der Waals surface area contributed by atoms with Crippen LogP contribution in [0.1, 0.15) is 37.8 Å². The molecule has 0 bridgehead atoms. The molecule has 1 aliphatic rings. The van der Waals surface area contributed by atoms with Crippen molar-refractivity contribution in [1.29, 1.82) is 0 Å². The number of hydrogen-bond donors (Lipinski definition) is 1. The quantitative estimate of drug-likeness (QED) is 0.667. The van der Waals surface area contributed by atoms with Crippen LogP contribution in [0.25, 0.3) is 0 Å². The van der Waals surface area contributed by atoms with E-state index in [0.29, 0.717) is 17.8 Å². The normalized spacial score (nSPS) is 19.6. The molecule has 8 heteroatoms. The summed E-state index contributed by atoms with van der Waals surface area (Å²) < 4.78 is 43.8. The van der Waals surface area contributed by atoms with E-state index in [0.717, 1.165) is 12.1 Å². The third kappa shape index (κ3) is 3.25. The molecule has 1 aromatic carbocycles. The van der Waals surface area contributed by atoms with E-state index in [4.69, 9.17) is 10.6 Å². The van der Waals surface area contributed by atoms with Crippen LogP contribution in [0.15, 0.2) is 23.3 Å². The predicted molar refractivity (Wildman–Crippen MR) is 80.4 cm³/mol. The predicted octanol–water partition coefficient (Wildman–Crippen LogP) is 3.51. The Morgan fingerprint density at radius 1 is 1.43 bits per heavy atom. The van der Waals surface area contributed by atoms with Crippen molar-refractivity contribution in [2.24, 2.45) is 10.9 Å². The summed E-state index contributed by atoms with van der Waals surface area (Å²) in [5.74, 6) is 5.35. The summed E-state index contributed by atoms with van der Waals surface area (Å²) in [6.45, 7) is 3.73. The maximum atomic E-state index is 12.9. The van der Waals surface area contributed by atoms with Crippen molar-refractivity contribution in [2.75, 3.05) is 11.5 Å². The van der Waals surface area contributed by atoms with Gasteiger partial charge in [-0.05, 0) is 31.5 Å². The summed E-state index contributed by atoms with van der Waals surface area (Å²) in [5, 5.41) is 3.62. The first-order chi connectivity index (χ1) is 10.8. The summed E-state index contributed by atoms with van der Waals surface area (Å²) in [7, 11) is 0. The highest BCUT2D eigenvalue weighted by Crippen LogP contribution is 2.37. The lowest BCUT2D eigenvalue weighted by molar-refractivity contribution is -0.137. The molecule has 1 aliphatic heterocycles. The molecule has 126 valence electrons. The molecular weight excluding hydrogens is 311 g/mol. The molecule has 1 unspecified atom stereocenters. The molecule has 2 rings (SSSR count). The van der Waals surface area contributed by atoms with E-state index in [1.54, 1.807) is 6.92 Å². The van der Waals surface area contributed by atoms with E-state index in [-0.39, 0.29) is 24.6 Å². The Balaban J connectivity index is 2.58. The number of hydrogen-bond acceptors (Lipinski definition) is 4. The van der Waals surface area contributed by atoms with Gasteiger partial charge in [0.15, 0.2) is 0 Å². The molecule has 5 nitrogen and oxygen atoms in total. The van der Waals surface area contributed by atoms with Gasteiger partial charge >= 0.3 is 12.3 Å². The molecule has 0 spiro atoms. The van der Waals surface area contributed by atoms with E-state index in [9.17, 15) is 18.0 Å². The number of carbonyl (C=O) groups excluding carboxylic acids is 1. The van der Waals surface area contributed by atoms with E-state index in [1.165, 1.54) is 11.0 Å². The summed E-state index contributed by atoms with van der Waals surface area (Å²) in [4.78, 5) is 13.6. The highest BCUT2D eigenvalue weighted by Gasteiger charge is 2.37. The van der Waals surface area contributed by atoms with Crippen LogP contribution in [0.3, 0.4) is 0 Å². The van der Waals surface area contributed by atoms with Gasteiger partial charge in [0, 0.05) is 18.0 Å². The fourth-order valence-corrected chi connectivity index (χ4v) is 2.66. The maximum Gasteiger partial charge on any atom is 0.416 e. The standard InChI is InChI=1S/C15H18F3N3O2/c1-3-10-8-12(20-19)11-7-9(15(16,17)18)5-6-13(11)21(10)14(22)23-4-2/h5-7,10H,3-4,8,19H2,1-2H3. The van der Waals surface area contributed by atoms with Gasteiger partial charge in [0.2, 0.25) is 0 Å². The van der Waals surface area contributed by atoms with Crippen LogP contribution in [0, 0.1) is 0 Å². The zero-order chi connectivity index (χ0) is 17.2. The van der Waals surface area contributed by atoms with Gasteiger partial charge in [-0.25, -0.2) is 4.79 Å². The fourth-order valence-electron chi connectivity index (χ4n) is 2.66. The smallest absolute Gasteiger partial charge is 0.416 e. The fraction of sp³-hybridized carbons (Fsp3) is 0.467. The second-order valence-electron chi connectivity index (χ2n) is 5.14. The minimum Gasteiger partial charge on any atom is -0.449 e. The third-order valence-corrected chi connectivity index (χ3v) is 3.78. The molecule has 2 N–H and O–H groups in total. The van der Waals surface area contributed by atoms with Crippen LogP contribution in [-0.2, 0) is 10.9 Å². The number of nitrogens with two attached hydrogens (primary N) is 1. The lowest BCUT2D eigenvalue weighted by Gasteiger charge is -2.36. The molecule has 1 aromatic rings. The molecule has 0 fully saturated rings. The molecule has 1 atom stereocenters. The van der Waals surface area contributed by atoms with E-state index in [1.807, 2.05) is 6.92 Å². The highest BCUT2D eigenvalue weighted by molar-refractivity contribution is 6.11. The Morgan fingerprint density at radius 3 is 2.65 bits per heavy atom. The van der Waals surface area contributed by atoms with Crippen molar-refractivity contribution in [3.05, 3.63) is 29.3 Å². The first-order valence-electron chi connectivity index (χ1n) is 7.27. The molecule has 0 saturated carbocycles. The Morgan fingerprint density at radius 2 is 2.13 bits per heavy atom. The first-order valence-corrected chi connectivity index (χ1v) is 7.27. The van der Waals surface area contributed by atoms with Crippen LogP contribution in [0.2, 0.25) is 0 Å². The summed E-state index contributed by atoms with van der Waals surface area (Å²) in [6.07, 6.45) is -4.19. The number of anilines is 1. The summed E-state index contributed by atoms with van der Waals surface area (Å²) in [6, 6.07) is 2.92. The number of amides is 1. The van der Waals surface area contributed by atoms with Gasteiger partial charge in [-0.1, -0.05) is 6.92 Å². The number of halogens is 3. The second kappa shape index (κ2) is 6.47. The lowest BCUT2D eigenvalue weighted by Crippen LogP contribution is -2.46. The molecule has 1 heterocycles. The minimum absolute atomic E-state index is 0.180. The van der Waals surface area contributed by atoms with Gasteiger partial charge in [0.1, 0.15) is 0 Å². The Bertz CT molecular complexity index is 629. The molecule has 23 heavy (non-hydrogen) atoms. The minimum atomic E-state index is -4.48. The van der Waals surface area contributed by atoms with Gasteiger partial charge in [-0.2, -0.15) is 18.3 Å². The number of carbonyl (C=O) groups is 1. The van der Waals surface area contributed by atoms with Gasteiger partial charge < -0.3 is 10.6 Å². The van der Waals surface area contributed by atoms with Gasteiger partial charge in [-0.15, -0.1) is 0 Å². The molecule has 1 amide bonds. The number of ether oxygens (including phenoxy) is 1. The highest BCUT2D eigenvalue weighted by atomic mass is 19.4. The number of fused-ring (bicyclic) bond motifs is 1. The van der Waals surface area contributed by atoms with Gasteiger partial charge in [-0.3, -0.25) is 4.90 Å². The van der Waals surface area contributed by atoms with Gasteiger partial charge in [0.25, 0.3) is 0 Å². The summed E-state index contributed by atoms with van der Waals surface area (Å²) in [5.41, 5.74) is 0.0773. The maximum absolute atomic E-state index is 12.9. The van der Waals surface area contributed by atoms with Crippen LogP contribution < -0.4 is 10.7 Å². The van der Waals surface area contributed by atoms with Crippen molar-refractivity contribution >= 4 is 17.5 Å². The van der Waals surface area contributed by atoms with E-state index >= 15 is 0 Å². The Hall–Kier alpha value is -2.25. The third-order valence-electron chi connectivity index (χ3n) is 3.78. The average Bonchev–Trinajstić information content (AvgIpc) is 2.51. The van der Waals surface area contributed by atoms with Crippen molar-refractivity contribution in [3.8, 4) is 0 Å². The Labute approximate surface area is 131 Å². The Kier molecular flexibility index (Phi) is 4.82. The zero-order valence-corrected chi connectivity index (χ0v) is 12.9. The largest absolute Gasteiger partial charge is 0.449 e. The molecule has 0 aromatic heterocycles. The van der Waals surface area contributed by atoms with Crippen LogP contribution in [0.5, 0.6) is 0 Å². The molecule has 0 aliphatic carbocycles. The van der Waals surface area contributed by atoms with Crippen molar-refractivity contribution in [2.45, 2.75) is 38.9 Å². The van der Waals surface area contributed by atoms with Gasteiger partial charge in [0.05, 0.1) is 23.6 Å². The average molecular weight is 329 g/mol. The number of rotatable bonds is 2. The SMILES string of the molecule is CCOC(=O)N1c2ccc(C(F)(F)F)cc2C(=NN)CC1CC. The number of nitrogens with zero attached hydrogens (tertiary/aromatic N) is 2. The zero-order valence-electron chi connectivity index (χ0n) is 12.9. The lowest BCUT2D eigenvalue weighted by atomic mass is 9.91. The van der Waals surface area contributed by atoms with E-state index < -0.39 is 17.8 Å². The topological polar surface area (TPSA) is 67.9 Å². The van der Waals surface area contributed by atoms with Crippen molar-refractivity contribution in [1.82, 2.24) is 0 Å². The van der Waals surface area contributed by atoms with Crippen molar-refractivity contribution < 1.29 is 22.7 Å². The monoisotopic (exact) mass is 329 g/mol. The van der Waals surface area contributed by atoms with Crippen LogP contribution in [0.4, 0.5) is 23.7 Å². The molecule has 0 radical (unpaired) electrons. The first kappa shape index (κ1) is 17.1.